The van der Waals surface area contributed by atoms with Crippen molar-refractivity contribution in [1.29, 1.82) is 0 Å². The third-order valence-corrected chi connectivity index (χ3v) is 11.0. The molecule has 1 aromatic carbocycles. The Hall–Kier alpha value is -2.93. The highest BCUT2D eigenvalue weighted by Gasteiger charge is 2.68. The highest BCUT2D eigenvalue weighted by molar-refractivity contribution is 8.25. The Balaban J connectivity index is 1.55. The van der Waals surface area contributed by atoms with Crippen molar-refractivity contribution in [3.8, 4) is 5.75 Å². The molecule has 4 unspecified atom stereocenters. The summed E-state index contributed by atoms with van der Waals surface area (Å²) in [7, 11) is -2.98. The molecule has 0 fully saturated rings. The van der Waals surface area contributed by atoms with Crippen LogP contribution in [0, 0.1) is 25.7 Å². The maximum Gasteiger partial charge on any atom is 0.231 e. The average molecular weight is 524 g/mol. The van der Waals surface area contributed by atoms with Crippen LogP contribution in [0.5, 0.6) is 5.75 Å². The van der Waals surface area contributed by atoms with Crippen molar-refractivity contribution in [1.82, 2.24) is 3.97 Å². The molecule has 4 heterocycles. The first-order valence-corrected chi connectivity index (χ1v) is 14.8. The zero-order valence-corrected chi connectivity index (χ0v) is 23.1. The van der Waals surface area contributed by atoms with Gasteiger partial charge in [0.05, 0.1) is 17.9 Å². The van der Waals surface area contributed by atoms with E-state index in [9.17, 15) is 9.59 Å². The maximum absolute atomic E-state index is 17.4. The SMILES string of the molecule is CCCCOc1ccc(C2=C3C=CC4=[N+]3S(F)(C4CC(=O)C(C)C(C)CC=O)n3c(C)cc(C)c32)cc1. The van der Waals surface area contributed by atoms with Gasteiger partial charge in [-0.05, 0) is 55.5 Å². The lowest BCUT2D eigenvalue weighted by Crippen LogP contribution is -2.50. The van der Waals surface area contributed by atoms with E-state index in [0.717, 1.165) is 64.4 Å². The summed E-state index contributed by atoms with van der Waals surface area (Å²) in [5.74, 6) is 0.521. The highest BCUT2D eigenvalue weighted by Crippen LogP contribution is 2.71. The van der Waals surface area contributed by atoms with Gasteiger partial charge in [0.2, 0.25) is 22.2 Å². The van der Waals surface area contributed by atoms with Gasteiger partial charge in [-0.25, -0.2) is 3.97 Å². The Morgan fingerprint density at radius 2 is 1.95 bits per heavy atom. The monoisotopic (exact) mass is 523 g/mol. The molecule has 7 heteroatoms. The topological polar surface area (TPSA) is 51.3 Å². The smallest absolute Gasteiger partial charge is 0.231 e. The molecule has 3 aliphatic rings. The summed E-state index contributed by atoms with van der Waals surface area (Å²) < 4.78 is 27.0. The van der Waals surface area contributed by atoms with Gasteiger partial charge < -0.3 is 9.53 Å². The number of Topliss-reactive ketones (excluding diaryl/α,β-unsaturated/α-hetero) is 1. The van der Waals surface area contributed by atoms with Crippen molar-refractivity contribution in [3.63, 3.8) is 0 Å². The first-order valence-electron chi connectivity index (χ1n) is 13.2. The molecule has 0 saturated carbocycles. The molecule has 0 N–H and O–H groups in total. The minimum absolute atomic E-state index is 0.0226. The number of hydrogen-bond donors (Lipinski definition) is 0. The van der Waals surface area contributed by atoms with Crippen molar-refractivity contribution in [2.45, 2.75) is 65.6 Å². The largest absolute Gasteiger partial charge is 0.494 e. The number of ether oxygens (including phenoxy) is 1. The summed E-state index contributed by atoms with van der Waals surface area (Å²) >= 11 is 0. The van der Waals surface area contributed by atoms with E-state index < -0.39 is 16.0 Å². The molecule has 0 spiro atoms. The van der Waals surface area contributed by atoms with Crippen molar-refractivity contribution in [2.24, 2.45) is 11.8 Å². The van der Waals surface area contributed by atoms with Crippen LogP contribution >= 0.6 is 10.8 Å². The first-order chi connectivity index (χ1) is 17.7. The number of unbranched alkanes of at least 4 members (excludes halogenated alkanes) is 1. The molecule has 4 atom stereocenters. The van der Waals surface area contributed by atoms with Gasteiger partial charge in [0.1, 0.15) is 17.8 Å². The van der Waals surface area contributed by atoms with Crippen LogP contribution in [0.4, 0.5) is 3.89 Å². The minimum Gasteiger partial charge on any atom is -0.494 e. The van der Waals surface area contributed by atoms with E-state index >= 15 is 3.89 Å². The van der Waals surface area contributed by atoms with Gasteiger partial charge in [-0.1, -0.05) is 39.3 Å². The number of aromatic nitrogens is 1. The number of carbonyl (C=O) groups is 2. The molecule has 0 radical (unpaired) electrons. The van der Waals surface area contributed by atoms with Crippen LogP contribution in [0.1, 0.15) is 69.0 Å². The van der Waals surface area contributed by atoms with Crippen molar-refractivity contribution >= 4 is 34.1 Å². The molecule has 0 aliphatic carbocycles. The fourth-order valence-electron chi connectivity index (χ4n) is 5.70. The van der Waals surface area contributed by atoms with E-state index in [4.69, 9.17) is 4.74 Å². The highest BCUT2D eigenvalue weighted by atomic mass is 32.3. The number of aryl methyl sites for hydroxylation is 2. The number of hydrogen-bond acceptors (Lipinski definition) is 3. The number of carbonyl (C=O) groups excluding carboxylic acids is 2. The lowest BCUT2D eigenvalue weighted by atomic mass is 9.87. The van der Waals surface area contributed by atoms with Crippen molar-refractivity contribution < 1.29 is 22.2 Å². The van der Waals surface area contributed by atoms with Crippen LogP contribution in [0.15, 0.2) is 48.2 Å². The summed E-state index contributed by atoms with van der Waals surface area (Å²) in [4.78, 5) is 24.2. The molecular formula is C30H36FN2O3S+. The van der Waals surface area contributed by atoms with Gasteiger partial charge in [0.25, 0.3) is 0 Å². The zero-order valence-electron chi connectivity index (χ0n) is 22.3. The second-order valence-corrected chi connectivity index (χ2v) is 12.8. The van der Waals surface area contributed by atoms with E-state index in [2.05, 4.69) is 19.1 Å². The number of benzene rings is 1. The summed E-state index contributed by atoms with van der Waals surface area (Å²) in [6, 6.07) is 10.1. The molecule has 5 rings (SSSR count). The standard InChI is InChI=1S/C30H36FN2O3S/c1-6-7-16-36-24-10-8-23(9-11-24)29-26-13-12-25-28(18-27(35)22(5)19(2)14-15-34)37(31,33(25)26)32-21(4)17-20(3)30(29)32/h8-13,15,17,19,22,28H,6-7,14,16,18H2,1-5H3/q+1. The molecule has 0 saturated heterocycles. The van der Waals surface area contributed by atoms with Crippen LogP contribution in [-0.4, -0.2) is 37.6 Å². The maximum atomic E-state index is 17.4. The summed E-state index contributed by atoms with van der Waals surface area (Å²) in [6.45, 7) is 10.6. The number of allylic oxidation sites excluding steroid dienone is 2. The minimum atomic E-state index is -2.98. The van der Waals surface area contributed by atoms with E-state index in [1.807, 2.05) is 66.0 Å². The number of fused-ring (bicyclic) bond motifs is 2. The molecular weight excluding hydrogens is 487 g/mol. The second-order valence-electron chi connectivity index (χ2n) is 10.5. The number of rotatable bonds is 11. The van der Waals surface area contributed by atoms with Crippen molar-refractivity contribution in [2.75, 3.05) is 6.61 Å². The molecule has 3 aliphatic heterocycles. The van der Waals surface area contributed by atoms with Gasteiger partial charge in [-0.15, -0.1) is 7.87 Å². The Kier molecular flexibility index (Phi) is 6.77. The quantitative estimate of drug-likeness (QED) is 0.188. The summed E-state index contributed by atoms with van der Waals surface area (Å²) in [5.41, 5.74) is 6.56. The van der Waals surface area contributed by atoms with E-state index in [1.165, 1.54) is 0 Å². The van der Waals surface area contributed by atoms with Gasteiger partial charge in [0.15, 0.2) is 5.25 Å². The Labute approximate surface area is 220 Å². The molecule has 196 valence electrons. The molecule has 37 heavy (non-hydrogen) atoms. The van der Waals surface area contributed by atoms with E-state index in [1.54, 1.807) is 0 Å². The molecule has 2 aromatic rings. The normalized spacial score (nSPS) is 24.6. The van der Waals surface area contributed by atoms with Gasteiger partial charge in [0, 0.05) is 36.6 Å². The third kappa shape index (κ3) is 3.94. The third-order valence-electron chi connectivity index (χ3n) is 8.01. The average Bonchev–Trinajstić information content (AvgIpc) is 3.43. The van der Waals surface area contributed by atoms with Crippen LogP contribution < -0.4 is 4.74 Å². The molecule has 1 aromatic heterocycles. The van der Waals surface area contributed by atoms with Gasteiger partial charge in [-0.2, -0.15) is 0 Å². The van der Waals surface area contributed by atoms with Crippen LogP contribution in [0.25, 0.3) is 5.57 Å². The Morgan fingerprint density at radius 3 is 2.62 bits per heavy atom. The van der Waals surface area contributed by atoms with E-state index in [0.29, 0.717) is 13.0 Å². The number of aldehydes is 1. The zero-order chi connectivity index (χ0) is 26.5. The first kappa shape index (κ1) is 25.7. The summed E-state index contributed by atoms with van der Waals surface area (Å²) in [6.07, 6.45) is 7.44. The predicted octanol–water partition coefficient (Wildman–Crippen LogP) is 6.65. The summed E-state index contributed by atoms with van der Waals surface area (Å²) in [5, 5.41) is -0.486. The fraction of sp³-hybridized carbons (Fsp3) is 0.433. The Morgan fingerprint density at radius 1 is 1.22 bits per heavy atom. The number of ketones is 1. The van der Waals surface area contributed by atoms with Gasteiger partial charge in [-0.3, -0.25) is 4.79 Å². The van der Waals surface area contributed by atoms with Crippen molar-refractivity contribution in [3.05, 3.63) is 70.7 Å². The van der Waals surface area contributed by atoms with Crippen LogP contribution in [0.3, 0.4) is 0 Å². The Bertz CT molecular complexity index is 1350. The van der Waals surface area contributed by atoms with Gasteiger partial charge >= 0.3 is 0 Å². The molecule has 0 amide bonds. The molecule has 0 bridgehead atoms. The van der Waals surface area contributed by atoms with Crippen LogP contribution in [0.2, 0.25) is 0 Å². The lowest BCUT2D eigenvalue weighted by Gasteiger charge is -2.45. The molecule has 5 nitrogen and oxygen atoms in total. The number of halogens is 1. The van der Waals surface area contributed by atoms with Crippen LogP contribution in [-0.2, 0) is 9.59 Å². The fourth-order valence-corrected chi connectivity index (χ4v) is 8.94. The van der Waals surface area contributed by atoms with E-state index in [-0.39, 0.29) is 24.0 Å². The predicted molar refractivity (Wildman–Crippen MR) is 148 cm³/mol. The number of nitrogens with zero attached hydrogens (tertiary/aromatic N) is 2. The lowest BCUT2D eigenvalue weighted by molar-refractivity contribution is -0.311. The second kappa shape index (κ2) is 9.75.